The van der Waals surface area contributed by atoms with E-state index in [1.807, 2.05) is 31.2 Å². The van der Waals surface area contributed by atoms with Crippen LogP contribution in [0.4, 0.5) is 5.69 Å². The van der Waals surface area contributed by atoms with Gasteiger partial charge in [0.05, 0.1) is 6.61 Å². The summed E-state index contributed by atoms with van der Waals surface area (Å²) in [7, 11) is 0. The van der Waals surface area contributed by atoms with Gasteiger partial charge in [-0.25, -0.2) is 0 Å². The molecule has 1 N–H and O–H groups in total. The normalized spacial score (nSPS) is 21.7. The van der Waals surface area contributed by atoms with Gasteiger partial charge in [0, 0.05) is 37.6 Å². The molecule has 130 valence electrons. The van der Waals surface area contributed by atoms with E-state index in [9.17, 15) is 4.79 Å². The van der Waals surface area contributed by atoms with Crippen LogP contribution < -0.4 is 15.0 Å². The van der Waals surface area contributed by atoms with Crippen LogP contribution in [-0.4, -0.2) is 29.6 Å². The van der Waals surface area contributed by atoms with Crippen LogP contribution in [-0.2, 0) is 17.8 Å². The van der Waals surface area contributed by atoms with E-state index in [1.54, 1.807) is 12.4 Å². The summed E-state index contributed by atoms with van der Waals surface area (Å²) in [6.45, 7) is 4.23. The largest absolute Gasteiger partial charge is 0.493 e. The van der Waals surface area contributed by atoms with Crippen LogP contribution in [0.3, 0.4) is 0 Å². The van der Waals surface area contributed by atoms with Crippen molar-refractivity contribution in [3.05, 3.63) is 53.9 Å². The van der Waals surface area contributed by atoms with Crippen molar-refractivity contribution in [3.8, 4) is 5.75 Å². The third-order valence-electron chi connectivity index (χ3n) is 5.31. The van der Waals surface area contributed by atoms with Gasteiger partial charge in [-0.3, -0.25) is 9.78 Å². The predicted molar refractivity (Wildman–Crippen MR) is 96.7 cm³/mol. The van der Waals surface area contributed by atoms with Gasteiger partial charge in [0.2, 0.25) is 5.91 Å². The van der Waals surface area contributed by atoms with Gasteiger partial charge in [0.15, 0.2) is 0 Å². The van der Waals surface area contributed by atoms with E-state index < -0.39 is 5.54 Å². The summed E-state index contributed by atoms with van der Waals surface area (Å²) < 4.78 is 5.54. The highest BCUT2D eigenvalue weighted by molar-refractivity contribution is 5.90. The molecule has 0 spiro atoms. The Hall–Kier alpha value is -2.56. The van der Waals surface area contributed by atoms with E-state index in [1.165, 1.54) is 5.56 Å². The molecule has 0 bridgehead atoms. The summed E-state index contributed by atoms with van der Waals surface area (Å²) in [5.74, 6) is 1.06. The highest BCUT2D eigenvalue weighted by atomic mass is 16.5. The maximum absolute atomic E-state index is 13.0. The Morgan fingerprint density at radius 2 is 2.16 bits per heavy atom. The maximum Gasteiger partial charge on any atom is 0.245 e. The second-order valence-corrected chi connectivity index (χ2v) is 6.96. The lowest BCUT2D eigenvalue weighted by Gasteiger charge is -2.35. The van der Waals surface area contributed by atoms with Crippen molar-refractivity contribution in [2.75, 3.05) is 18.1 Å². The Balaban J connectivity index is 1.46. The summed E-state index contributed by atoms with van der Waals surface area (Å²) in [5, 5.41) is 3.14. The molecule has 1 amide bonds. The molecule has 2 aliphatic heterocycles. The first kappa shape index (κ1) is 15.9. The lowest BCUT2D eigenvalue weighted by Crippen LogP contribution is -2.53. The predicted octanol–water partition coefficient (Wildman–Crippen LogP) is 2.69. The van der Waals surface area contributed by atoms with Crippen LogP contribution >= 0.6 is 0 Å². The van der Waals surface area contributed by atoms with Crippen LogP contribution in [0, 0.1) is 0 Å². The van der Waals surface area contributed by atoms with Gasteiger partial charge in [-0.2, -0.15) is 0 Å². The highest BCUT2D eigenvalue weighted by Crippen LogP contribution is 2.34. The molecule has 1 fully saturated rings. The molecule has 25 heavy (non-hydrogen) atoms. The highest BCUT2D eigenvalue weighted by Gasteiger charge is 2.43. The zero-order valence-electron chi connectivity index (χ0n) is 14.5. The number of carbonyl (C=O) groups excluding carboxylic acids is 1. The minimum absolute atomic E-state index is 0.0820. The molecule has 0 unspecified atom stereocenters. The van der Waals surface area contributed by atoms with Crippen molar-refractivity contribution in [3.63, 3.8) is 0 Å². The van der Waals surface area contributed by atoms with Crippen molar-refractivity contribution >= 4 is 11.6 Å². The van der Waals surface area contributed by atoms with Crippen LogP contribution in [0.25, 0.3) is 0 Å². The van der Waals surface area contributed by atoms with E-state index in [0.717, 1.165) is 49.4 Å². The molecule has 2 aromatic rings. The Morgan fingerprint density at radius 3 is 3.00 bits per heavy atom. The number of ether oxygens (including phenoxy) is 1. The molecule has 0 aliphatic carbocycles. The lowest BCUT2D eigenvalue weighted by molar-refractivity contribution is -0.125. The first-order valence-corrected chi connectivity index (χ1v) is 8.87. The molecule has 1 atom stereocenters. The monoisotopic (exact) mass is 337 g/mol. The van der Waals surface area contributed by atoms with Gasteiger partial charge in [-0.1, -0.05) is 12.1 Å². The number of benzene rings is 1. The number of fused-ring (bicyclic) bond motifs is 1. The topological polar surface area (TPSA) is 54.5 Å². The van der Waals surface area contributed by atoms with E-state index in [-0.39, 0.29) is 5.91 Å². The van der Waals surface area contributed by atoms with Crippen LogP contribution in [0.5, 0.6) is 5.75 Å². The van der Waals surface area contributed by atoms with Gasteiger partial charge in [-0.15, -0.1) is 0 Å². The molecule has 0 radical (unpaired) electrons. The number of rotatable bonds is 4. The second-order valence-electron chi connectivity index (χ2n) is 6.96. The van der Waals surface area contributed by atoms with Crippen molar-refractivity contribution in [1.29, 1.82) is 0 Å². The first-order chi connectivity index (χ1) is 12.2. The number of aromatic nitrogens is 1. The van der Waals surface area contributed by atoms with Crippen molar-refractivity contribution in [2.45, 2.75) is 38.3 Å². The Morgan fingerprint density at radius 1 is 1.32 bits per heavy atom. The molecule has 5 heteroatoms. The van der Waals surface area contributed by atoms with Gasteiger partial charge in [0.1, 0.15) is 11.3 Å². The average Bonchev–Trinajstić information content (AvgIpc) is 3.27. The first-order valence-electron chi connectivity index (χ1n) is 8.87. The number of amides is 1. The third kappa shape index (κ3) is 2.95. The summed E-state index contributed by atoms with van der Waals surface area (Å²) in [6.07, 6.45) is 6.38. The fraction of sp³-hybridized carbons (Fsp3) is 0.400. The molecular weight excluding hydrogens is 314 g/mol. The Kier molecular flexibility index (Phi) is 4.07. The fourth-order valence-electron chi connectivity index (χ4n) is 3.86. The van der Waals surface area contributed by atoms with Crippen LogP contribution in [0.15, 0.2) is 42.7 Å². The Labute approximate surface area is 148 Å². The minimum atomic E-state index is -0.513. The fourth-order valence-corrected chi connectivity index (χ4v) is 3.86. The molecule has 1 aromatic heterocycles. The molecule has 1 aromatic carbocycles. The third-order valence-corrected chi connectivity index (χ3v) is 5.31. The van der Waals surface area contributed by atoms with E-state index in [4.69, 9.17) is 4.74 Å². The summed E-state index contributed by atoms with van der Waals surface area (Å²) in [4.78, 5) is 19.2. The molecule has 0 saturated carbocycles. The number of nitrogens with one attached hydrogen (secondary N) is 1. The molecule has 3 heterocycles. The van der Waals surface area contributed by atoms with E-state index >= 15 is 0 Å². The van der Waals surface area contributed by atoms with E-state index in [0.29, 0.717) is 6.54 Å². The standard InChI is InChI=1S/C20H23N3O2/c1-20(8-2-11-23(20)17-5-9-21-10-6-17)19(24)22-14-15-3-4-18-16(13-15)7-12-25-18/h3-6,9-10,13H,2,7-8,11-12,14H2,1H3,(H,22,24)/t20-/m0/s1. The minimum Gasteiger partial charge on any atom is -0.493 e. The average molecular weight is 337 g/mol. The molecule has 1 saturated heterocycles. The number of pyridine rings is 1. The number of nitrogens with zero attached hydrogens (tertiary/aromatic N) is 2. The van der Waals surface area contributed by atoms with E-state index in [2.05, 4.69) is 21.3 Å². The number of anilines is 1. The van der Waals surface area contributed by atoms with Crippen molar-refractivity contribution in [2.24, 2.45) is 0 Å². The molecular formula is C20H23N3O2. The van der Waals surface area contributed by atoms with Gasteiger partial charge < -0.3 is 15.0 Å². The van der Waals surface area contributed by atoms with Crippen LogP contribution in [0.2, 0.25) is 0 Å². The number of hydrogen-bond donors (Lipinski definition) is 1. The molecule has 2 aliphatic rings. The quantitative estimate of drug-likeness (QED) is 0.932. The molecule has 4 rings (SSSR count). The molecule has 5 nitrogen and oxygen atoms in total. The van der Waals surface area contributed by atoms with Crippen molar-refractivity contribution in [1.82, 2.24) is 10.3 Å². The maximum atomic E-state index is 13.0. The zero-order chi connectivity index (χ0) is 17.3. The summed E-state index contributed by atoms with van der Waals surface area (Å²) in [6, 6.07) is 10.1. The SMILES string of the molecule is C[C@@]1(C(=O)NCc2ccc3c(c2)CCO3)CCCN1c1ccncc1. The number of hydrogen-bond acceptors (Lipinski definition) is 4. The Bertz CT molecular complexity index is 778. The van der Waals surface area contributed by atoms with Gasteiger partial charge in [-0.05, 0) is 49.1 Å². The zero-order valence-corrected chi connectivity index (χ0v) is 14.5. The second kappa shape index (κ2) is 6.39. The van der Waals surface area contributed by atoms with Crippen LogP contribution in [0.1, 0.15) is 30.9 Å². The van der Waals surface area contributed by atoms with Gasteiger partial charge >= 0.3 is 0 Å². The van der Waals surface area contributed by atoms with Gasteiger partial charge in [0.25, 0.3) is 0 Å². The number of carbonyl (C=O) groups is 1. The lowest BCUT2D eigenvalue weighted by atomic mass is 9.97. The summed E-state index contributed by atoms with van der Waals surface area (Å²) >= 11 is 0. The smallest absolute Gasteiger partial charge is 0.245 e. The van der Waals surface area contributed by atoms with Crippen molar-refractivity contribution < 1.29 is 9.53 Å². The summed E-state index contributed by atoms with van der Waals surface area (Å²) in [5.41, 5.74) is 2.90.